The van der Waals surface area contributed by atoms with Gasteiger partial charge >= 0.3 is 12.1 Å². The molecule has 10 heteroatoms. The van der Waals surface area contributed by atoms with Gasteiger partial charge in [0.15, 0.2) is 6.10 Å². The number of carboxylic acid groups (broad SMARTS) is 1. The standard InChI is InChI=1S/C25H24N4O6/c30-23(28-9-10-34-22(13-28)24(31)32)14-29-12-16(11-26-29)27-25(33)35-15-21-19-7-3-1-5-17(19)18-6-2-4-8-20(18)21/h1-8,11-12,21-22H,9-10,13-15H2,(H,27,33)(H,31,32). The van der Waals surface area contributed by atoms with E-state index < -0.39 is 18.2 Å². The number of aromatic nitrogens is 2. The monoisotopic (exact) mass is 476 g/mol. The number of carboxylic acids is 1. The SMILES string of the molecule is O=C(Nc1cnn(CC(=O)N2CCOC(C(=O)O)C2)c1)OCC1c2ccccc2-c2ccccc21. The van der Waals surface area contributed by atoms with Crippen molar-refractivity contribution in [2.24, 2.45) is 0 Å². The minimum atomic E-state index is -1.10. The van der Waals surface area contributed by atoms with E-state index in [2.05, 4.69) is 34.7 Å². The zero-order valence-electron chi connectivity index (χ0n) is 18.8. The topological polar surface area (TPSA) is 123 Å². The normalized spacial score (nSPS) is 16.9. The maximum absolute atomic E-state index is 12.5. The predicted octanol–water partition coefficient (Wildman–Crippen LogP) is 2.56. The Morgan fingerprint density at radius 2 is 1.77 bits per heavy atom. The van der Waals surface area contributed by atoms with Crippen LogP contribution in [-0.4, -0.2) is 70.2 Å². The second-order valence-corrected chi connectivity index (χ2v) is 8.41. The molecule has 180 valence electrons. The van der Waals surface area contributed by atoms with Gasteiger partial charge in [-0.2, -0.15) is 5.10 Å². The molecule has 2 heterocycles. The molecule has 2 aromatic carbocycles. The maximum Gasteiger partial charge on any atom is 0.411 e. The zero-order chi connectivity index (χ0) is 24.4. The molecule has 1 aromatic heterocycles. The van der Waals surface area contributed by atoms with E-state index in [0.717, 1.165) is 22.3 Å². The van der Waals surface area contributed by atoms with E-state index in [-0.39, 0.29) is 38.1 Å². The summed E-state index contributed by atoms with van der Waals surface area (Å²) in [7, 11) is 0. The number of amides is 2. The highest BCUT2D eigenvalue weighted by atomic mass is 16.5. The Morgan fingerprint density at radius 1 is 1.09 bits per heavy atom. The van der Waals surface area contributed by atoms with Crippen molar-refractivity contribution in [3.05, 3.63) is 72.1 Å². The summed E-state index contributed by atoms with van der Waals surface area (Å²) >= 11 is 0. The minimum absolute atomic E-state index is 0.0136. The number of hydrogen-bond donors (Lipinski definition) is 2. The van der Waals surface area contributed by atoms with Gasteiger partial charge in [0.1, 0.15) is 13.2 Å². The van der Waals surface area contributed by atoms with Gasteiger partial charge in [-0.1, -0.05) is 48.5 Å². The van der Waals surface area contributed by atoms with E-state index in [1.54, 1.807) is 0 Å². The molecule has 2 amide bonds. The third-order valence-electron chi connectivity index (χ3n) is 6.22. The summed E-state index contributed by atoms with van der Waals surface area (Å²) in [4.78, 5) is 37.5. The molecule has 3 aromatic rings. The maximum atomic E-state index is 12.5. The van der Waals surface area contributed by atoms with Crippen molar-refractivity contribution in [3.8, 4) is 11.1 Å². The molecule has 0 spiro atoms. The molecule has 1 aliphatic carbocycles. The number of benzene rings is 2. The Morgan fingerprint density at radius 3 is 2.46 bits per heavy atom. The number of carbonyl (C=O) groups excluding carboxylic acids is 2. The fourth-order valence-corrected chi connectivity index (χ4v) is 4.53. The van der Waals surface area contributed by atoms with Crippen LogP contribution < -0.4 is 5.32 Å². The van der Waals surface area contributed by atoms with E-state index in [4.69, 9.17) is 14.6 Å². The molecule has 10 nitrogen and oxygen atoms in total. The van der Waals surface area contributed by atoms with Crippen LogP contribution in [0.1, 0.15) is 17.0 Å². The number of ether oxygens (including phenoxy) is 2. The molecular formula is C25H24N4O6. The van der Waals surface area contributed by atoms with Crippen LogP contribution in [0.5, 0.6) is 0 Å². The smallest absolute Gasteiger partial charge is 0.411 e. The summed E-state index contributed by atoms with van der Waals surface area (Å²) in [5.74, 6) is -1.43. The van der Waals surface area contributed by atoms with Crippen molar-refractivity contribution < 1.29 is 29.0 Å². The molecule has 0 radical (unpaired) electrons. The van der Waals surface area contributed by atoms with Crippen LogP contribution in [0.2, 0.25) is 0 Å². The van der Waals surface area contributed by atoms with Crippen LogP contribution in [0.4, 0.5) is 10.5 Å². The van der Waals surface area contributed by atoms with Gasteiger partial charge in [-0.15, -0.1) is 0 Å². The van der Waals surface area contributed by atoms with Crippen molar-refractivity contribution >= 4 is 23.7 Å². The second-order valence-electron chi connectivity index (χ2n) is 8.41. The van der Waals surface area contributed by atoms with Crippen LogP contribution in [0.25, 0.3) is 11.1 Å². The molecule has 1 fully saturated rings. The molecular weight excluding hydrogens is 452 g/mol. The average molecular weight is 476 g/mol. The average Bonchev–Trinajstić information content (AvgIpc) is 3.44. The number of nitrogens with one attached hydrogen (secondary N) is 1. The van der Waals surface area contributed by atoms with Crippen molar-refractivity contribution in [2.75, 3.05) is 31.6 Å². The highest BCUT2D eigenvalue weighted by Gasteiger charge is 2.30. The Balaban J connectivity index is 1.16. The molecule has 1 unspecified atom stereocenters. The number of anilines is 1. The van der Waals surface area contributed by atoms with Crippen molar-refractivity contribution in [2.45, 2.75) is 18.6 Å². The molecule has 0 saturated carbocycles. The third kappa shape index (κ3) is 4.73. The van der Waals surface area contributed by atoms with Crippen LogP contribution in [-0.2, 0) is 25.6 Å². The number of fused-ring (bicyclic) bond motifs is 3. The quantitative estimate of drug-likeness (QED) is 0.561. The fraction of sp³-hybridized carbons (Fsp3) is 0.280. The highest BCUT2D eigenvalue weighted by Crippen LogP contribution is 2.44. The fourth-order valence-electron chi connectivity index (χ4n) is 4.53. The van der Waals surface area contributed by atoms with Crippen molar-refractivity contribution in [3.63, 3.8) is 0 Å². The van der Waals surface area contributed by atoms with Gasteiger partial charge in [0.25, 0.3) is 0 Å². The first-order valence-corrected chi connectivity index (χ1v) is 11.3. The number of carbonyl (C=O) groups is 3. The van der Waals surface area contributed by atoms with Crippen LogP contribution in [0, 0.1) is 0 Å². The van der Waals surface area contributed by atoms with Gasteiger partial charge in [-0.25, -0.2) is 9.59 Å². The lowest BCUT2D eigenvalue weighted by atomic mass is 9.98. The lowest BCUT2D eigenvalue weighted by molar-refractivity contribution is -0.159. The Kier molecular flexibility index (Phi) is 6.19. The van der Waals surface area contributed by atoms with Gasteiger partial charge in [-0.05, 0) is 22.3 Å². The number of morpholine rings is 1. The molecule has 35 heavy (non-hydrogen) atoms. The summed E-state index contributed by atoms with van der Waals surface area (Å²) in [5, 5.41) is 15.8. The van der Waals surface area contributed by atoms with Crippen LogP contribution in [0.3, 0.4) is 0 Å². The third-order valence-corrected chi connectivity index (χ3v) is 6.22. The molecule has 0 bridgehead atoms. The molecule has 2 aliphatic rings. The number of nitrogens with zero attached hydrogens (tertiary/aromatic N) is 3. The number of rotatable bonds is 6. The minimum Gasteiger partial charge on any atom is -0.479 e. The first kappa shape index (κ1) is 22.6. The largest absolute Gasteiger partial charge is 0.479 e. The summed E-state index contributed by atoms with van der Waals surface area (Å²) in [6, 6.07) is 16.2. The molecule has 1 aliphatic heterocycles. The van der Waals surface area contributed by atoms with Gasteiger partial charge in [-0.3, -0.25) is 14.8 Å². The predicted molar refractivity (Wildman–Crippen MR) is 125 cm³/mol. The van der Waals surface area contributed by atoms with Gasteiger partial charge in [0, 0.05) is 18.7 Å². The van der Waals surface area contributed by atoms with Crippen molar-refractivity contribution in [1.82, 2.24) is 14.7 Å². The number of aliphatic carboxylic acids is 1. The molecule has 2 N–H and O–H groups in total. The van der Waals surface area contributed by atoms with E-state index in [1.807, 2.05) is 24.3 Å². The van der Waals surface area contributed by atoms with E-state index in [1.165, 1.54) is 22.0 Å². The zero-order valence-corrected chi connectivity index (χ0v) is 18.8. The van der Waals surface area contributed by atoms with Gasteiger partial charge in [0.05, 0.1) is 25.0 Å². The second kappa shape index (κ2) is 9.59. The molecule has 1 saturated heterocycles. The van der Waals surface area contributed by atoms with E-state index >= 15 is 0 Å². The molecule has 1 atom stereocenters. The van der Waals surface area contributed by atoms with Gasteiger partial charge in [0.2, 0.25) is 5.91 Å². The van der Waals surface area contributed by atoms with E-state index in [9.17, 15) is 14.4 Å². The van der Waals surface area contributed by atoms with Crippen molar-refractivity contribution in [1.29, 1.82) is 0 Å². The summed E-state index contributed by atoms with van der Waals surface area (Å²) in [6.45, 7) is 0.568. The lowest BCUT2D eigenvalue weighted by Crippen LogP contribution is -2.49. The first-order valence-electron chi connectivity index (χ1n) is 11.3. The summed E-state index contributed by atoms with van der Waals surface area (Å²) < 4.78 is 12.1. The number of hydrogen-bond acceptors (Lipinski definition) is 6. The van der Waals surface area contributed by atoms with Crippen LogP contribution in [0.15, 0.2) is 60.9 Å². The summed E-state index contributed by atoms with van der Waals surface area (Å²) in [5.41, 5.74) is 4.94. The first-order chi connectivity index (χ1) is 17.0. The Labute approximate surface area is 201 Å². The Hall–Kier alpha value is -4.18. The lowest BCUT2D eigenvalue weighted by Gasteiger charge is -2.30. The van der Waals surface area contributed by atoms with E-state index in [0.29, 0.717) is 12.2 Å². The van der Waals surface area contributed by atoms with Gasteiger partial charge < -0.3 is 19.5 Å². The summed E-state index contributed by atoms with van der Waals surface area (Å²) in [6.07, 6.45) is 1.30. The highest BCUT2D eigenvalue weighted by molar-refractivity contribution is 5.85. The molecule has 5 rings (SSSR count). The Bertz CT molecular complexity index is 1230. The van der Waals surface area contributed by atoms with Crippen LogP contribution >= 0.6 is 0 Å².